The fraction of sp³-hybridized carbons (Fsp3) is 0.333. The van der Waals surface area contributed by atoms with Gasteiger partial charge in [0.25, 0.3) is 0 Å². The van der Waals surface area contributed by atoms with Crippen molar-refractivity contribution >= 4 is 38.4 Å². The number of nitrogens with two attached hydrogens (primary N) is 1. The van der Waals surface area contributed by atoms with Gasteiger partial charge in [-0.1, -0.05) is 27.7 Å². The summed E-state index contributed by atoms with van der Waals surface area (Å²) in [6, 6.07) is 0. The summed E-state index contributed by atoms with van der Waals surface area (Å²) < 4.78 is 0.323. The van der Waals surface area contributed by atoms with Gasteiger partial charge in [-0.15, -0.1) is 0 Å². The maximum Gasteiger partial charge on any atom is 0.117 e. The molecule has 0 aromatic rings. The number of nitrogens with zero attached hydrogens (tertiary/aromatic N) is 1. The summed E-state index contributed by atoms with van der Waals surface area (Å²) in [4.78, 5) is 4.14. The molecule has 3 N–H and O–H groups in total. The third-order valence-corrected chi connectivity index (χ3v) is 2.94. The van der Waals surface area contributed by atoms with Crippen LogP contribution in [0.1, 0.15) is 0 Å². The van der Waals surface area contributed by atoms with Crippen LogP contribution in [0, 0.1) is 5.41 Å². The maximum atomic E-state index is 7.44. The Morgan fingerprint density at radius 2 is 2.64 bits per heavy atom. The van der Waals surface area contributed by atoms with E-state index in [1.54, 1.807) is 11.8 Å². The van der Waals surface area contributed by atoms with Crippen LogP contribution in [0.2, 0.25) is 0 Å². The van der Waals surface area contributed by atoms with Crippen molar-refractivity contribution in [3.8, 4) is 0 Å². The molecule has 5 heteroatoms. The molecule has 1 unspecified atom stereocenters. The summed E-state index contributed by atoms with van der Waals surface area (Å²) >= 11 is 4.94. The van der Waals surface area contributed by atoms with Crippen molar-refractivity contribution in [1.29, 1.82) is 5.41 Å². The van der Waals surface area contributed by atoms with Crippen molar-refractivity contribution in [2.45, 2.75) is 4.16 Å². The molecule has 0 aromatic carbocycles. The van der Waals surface area contributed by atoms with Gasteiger partial charge in [0.2, 0.25) is 0 Å². The van der Waals surface area contributed by atoms with E-state index >= 15 is 0 Å². The molecular weight excluding hydrogens is 226 g/mol. The van der Waals surface area contributed by atoms with Crippen LogP contribution in [0.25, 0.3) is 0 Å². The first-order valence-corrected chi connectivity index (χ1v) is 4.86. The Labute approximate surface area is 77.8 Å². The van der Waals surface area contributed by atoms with Crippen LogP contribution in [-0.4, -0.2) is 21.5 Å². The van der Waals surface area contributed by atoms with Crippen LogP contribution in [-0.2, 0) is 0 Å². The molecule has 11 heavy (non-hydrogen) atoms. The van der Waals surface area contributed by atoms with E-state index < -0.39 is 0 Å². The van der Waals surface area contributed by atoms with E-state index in [1.165, 1.54) is 12.3 Å². The van der Waals surface area contributed by atoms with Crippen LogP contribution in [0.4, 0.5) is 0 Å². The lowest BCUT2D eigenvalue weighted by Crippen LogP contribution is -2.04. The zero-order valence-electron chi connectivity index (χ0n) is 5.75. The minimum Gasteiger partial charge on any atom is -0.405 e. The first-order chi connectivity index (χ1) is 5.24. The molecule has 0 aromatic heterocycles. The van der Waals surface area contributed by atoms with E-state index in [2.05, 4.69) is 20.9 Å². The van der Waals surface area contributed by atoms with Gasteiger partial charge in [-0.2, -0.15) is 0 Å². The van der Waals surface area contributed by atoms with Crippen LogP contribution in [0.5, 0.6) is 0 Å². The van der Waals surface area contributed by atoms with Gasteiger partial charge in [-0.25, -0.2) is 0 Å². The van der Waals surface area contributed by atoms with Crippen LogP contribution in [0.3, 0.4) is 0 Å². The number of thioether (sulfide) groups is 1. The number of nitrogens with one attached hydrogen (secondary N) is 1. The first kappa shape index (κ1) is 8.80. The summed E-state index contributed by atoms with van der Waals surface area (Å²) in [5.74, 6) is 0. The number of halogens is 1. The van der Waals surface area contributed by atoms with Gasteiger partial charge in [0.1, 0.15) is 5.04 Å². The number of aliphatic imine (C=N–C) groups is 1. The van der Waals surface area contributed by atoms with Gasteiger partial charge in [0.15, 0.2) is 0 Å². The molecule has 1 atom stereocenters. The molecule has 0 fully saturated rings. The summed E-state index contributed by atoms with van der Waals surface area (Å²) in [6.07, 6.45) is 2.89. The standard InChI is InChI=1S/C6H8BrN3S/c7-5-3-10-6(11-5)4(9)1-2-8/h1-2,5,9H,3,8H2. The Kier molecular flexibility index (Phi) is 3.14. The fourth-order valence-electron chi connectivity index (χ4n) is 0.667. The Morgan fingerprint density at radius 3 is 3.09 bits per heavy atom. The molecule has 0 bridgehead atoms. The van der Waals surface area contributed by atoms with Gasteiger partial charge < -0.3 is 5.73 Å². The van der Waals surface area contributed by atoms with Crippen molar-refractivity contribution in [2.24, 2.45) is 10.7 Å². The first-order valence-electron chi connectivity index (χ1n) is 3.06. The molecule has 60 valence electrons. The predicted molar refractivity (Wildman–Crippen MR) is 53.7 cm³/mol. The number of hydrogen-bond donors (Lipinski definition) is 2. The second-order valence-electron chi connectivity index (χ2n) is 1.95. The van der Waals surface area contributed by atoms with E-state index in [-0.39, 0.29) is 0 Å². The van der Waals surface area contributed by atoms with Gasteiger partial charge in [-0.3, -0.25) is 10.4 Å². The topological polar surface area (TPSA) is 62.2 Å². The second kappa shape index (κ2) is 3.92. The Bertz CT molecular complexity index is 224. The van der Waals surface area contributed by atoms with Crippen molar-refractivity contribution in [3.63, 3.8) is 0 Å². The molecule has 0 aliphatic carbocycles. The molecule has 0 radical (unpaired) electrons. The summed E-state index contributed by atoms with van der Waals surface area (Å²) in [7, 11) is 0. The molecule has 1 aliphatic heterocycles. The van der Waals surface area contributed by atoms with Crippen LogP contribution in [0.15, 0.2) is 17.3 Å². The molecule has 3 nitrogen and oxygen atoms in total. The van der Waals surface area contributed by atoms with Gasteiger partial charge in [0, 0.05) is 0 Å². The van der Waals surface area contributed by atoms with E-state index in [0.29, 0.717) is 9.87 Å². The highest BCUT2D eigenvalue weighted by Gasteiger charge is 2.18. The molecule has 1 rings (SSSR count). The number of rotatable bonds is 2. The smallest absolute Gasteiger partial charge is 0.117 e. The molecule has 0 spiro atoms. The molecular formula is C6H8BrN3S. The van der Waals surface area contributed by atoms with Crippen LogP contribution >= 0.6 is 27.7 Å². The maximum absolute atomic E-state index is 7.44. The number of alkyl halides is 1. The minimum absolute atomic E-state index is 0.323. The molecule has 0 saturated heterocycles. The lowest BCUT2D eigenvalue weighted by molar-refractivity contribution is 1.14. The Hall–Kier alpha value is -0.290. The Balaban J connectivity index is 2.56. The highest BCUT2D eigenvalue weighted by molar-refractivity contribution is 9.11. The number of hydrogen-bond acceptors (Lipinski definition) is 4. The highest BCUT2D eigenvalue weighted by Crippen LogP contribution is 2.26. The lowest BCUT2D eigenvalue weighted by Gasteiger charge is -1.96. The average Bonchev–Trinajstić information content (AvgIpc) is 2.36. The normalized spacial score (nSPS) is 24.1. The predicted octanol–water partition coefficient (Wildman–Crippen LogP) is 1.34. The summed E-state index contributed by atoms with van der Waals surface area (Å²) in [6.45, 7) is 0.737. The fourth-order valence-corrected chi connectivity index (χ4v) is 2.08. The van der Waals surface area contributed by atoms with Gasteiger partial charge in [-0.05, 0) is 12.3 Å². The third-order valence-electron chi connectivity index (χ3n) is 1.11. The molecule has 0 amide bonds. The van der Waals surface area contributed by atoms with E-state index in [1.807, 2.05) is 0 Å². The Morgan fingerprint density at radius 1 is 1.91 bits per heavy atom. The zero-order valence-corrected chi connectivity index (χ0v) is 8.15. The van der Waals surface area contributed by atoms with Crippen molar-refractivity contribution in [2.75, 3.05) is 6.54 Å². The largest absolute Gasteiger partial charge is 0.405 e. The SMILES string of the molecule is N=C(C=CN)C1=NCC(Br)S1. The van der Waals surface area contributed by atoms with Gasteiger partial charge in [0.05, 0.1) is 16.4 Å². The monoisotopic (exact) mass is 233 g/mol. The lowest BCUT2D eigenvalue weighted by atomic mass is 10.4. The van der Waals surface area contributed by atoms with Crippen LogP contribution < -0.4 is 5.73 Å². The van der Waals surface area contributed by atoms with Crippen molar-refractivity contribution < 1.29 is 0 Å². The van der Waals surface area contributed by atoms with E-state index in [9.17, 15) is 0 Å². The zero-order chi connectivity index (χ0) is 8.27. The third kappa shape index (κ3) is 2.34. The number of allylic oxidation sites excluding steroid dienone is 1. The van der Waals surface area contributed by atoms with E-state index in [0.717, 1.165) is 11.6 Å². The van der Waals surface area contributed by atoms with Crippen molar-refractivity contribution in [1.82, 2.24) is 0 Å². The summed E-state index contributed by atoms with van der Waals surface area (Å²) in [5, 5.41) is 8.19. The quantitative estimate of drug-likeness (QED) is 0.559. The van der Waals surface area contributed by atoms with Gasteiger partial charge >= 0.3 is 0 Å². The highest BCUT2D eigenvalue weighted by atomic mass is 79.9. The molecule has 1 aliphatic rings. The summed E-state index contributed by atoms with van der Waals surface area (Å²) in [5.41, 5.74) is 5.52. The van der Waals surface area contributed by atoms with E-state index in [4.69, 9.17) is 11.1 Å². The van der Waals surface area contributed by atoms with Crippen molar-refractivity contribution in [3.05, 3.63) is 12.3 Å². The second-order valence-corrected chi connectivity index (χ2v) is 4.85. The average molecular weight is 234 g/mol. The minimum atomic E-state index is 0.323. The molecule has 0 saturated carbocycles. The molecule has 1 heterocycles.